The number of hydrogen-bond acceptors (Lipinski definition) is 10. The lowest BCUT2D eigenvalue weighted by Gasteiger charge is -2.28. The molecule has 2 aromatic rings. The van der Waals surface area contributed by atoms with Crippen molar-refractivity contribution in [3.05, 3.63) is 76.8 Å². The largest absolute Gasteiger partial charge is 0.506 e. The van der Waals surface area contributed by atoms with Crippen molar-refractivity contribution in [3.8, 4) is 11.5 Å². The molecular formula is C33H41N3O10. The fourth-order valence-electron chi connectivity index (χ4n) is 4.99. The maximum atomic E-state index is 13.1. The lowest BCUT2D eigenvalue weighted by molar-refractivity contribution is -0.112. The summed E-state index contributed by atoms with van der Waals surface area (Å²) >= 11 is 0. The van der Waals surface area contributed by atoms with Gasteiger partial charge in [-0.05, 0) is 51.0 Å². The molecule has 0 unspecified atom stereocenters. The summed E-state index contributed by atoms with van der Waals surface area (Å²) in [7, 11) is 2.86. The third-order valence-corrected chi connectivity index (χ3v) is 7.48. The Morgan fingerprint density at radius 3 is 2.48 bits per heavy atom. The summed E-state index contributed by atoms with van der Waals surface area (Å²) in [5, 5.41) is 38.7. The van der Waals surface area contributed by atoms with Gasteiger partial charge in [0.15, 0.2) is 11.9 Å². The first kappa shape index (κ1) is 35.6. The smallest absolute Gasteiger partial charge is 0.405 e. The second-order valence-corrected chi connectivity index (χ2v) is 11.0. The van der Waals surface area contributed by atoms with E-state index >= 15 is 0 Å². The zero-order chi connectivity index (χ0) is 34.1. The number of amides is 3. The molecule has 1 aliphatic rings. The van der Waals surface area contributed by atoms with Crippen molar-refractivity contribution in [1.29, 1.82) is 0 Å². The number of benzene rings is 1. The van der Waals surface area contributed by atoms with Gasteiger partial charge >= 0.3 is 6.09 Å². The molecule has 0 saturated carbocycles. The zero-order valence-electron chi connectivity index (χ0n) is 26.6. The Balaban J connectivity index is 2.18. The summed E-state index contributed by atoms with van der Waals surface area (Å²) < 4.78 is 21.7. The number of aromatic hydroxyl groups is 2. The number of aliphatic hydroxyl groups is 1. The summed E-state index contributed by atoms with van der Waals surface area (Å²) in [6.07, 6.45) is 4.70. The van der Waals surface area contributed by atoms with E-state index in [4.69, 9.17) is 24.4 Å². The number of aliphatic hydroxyl groups excluding tert-OH is 1. The van der Waals surface area contributed by atoms with Crippen LogP contribution in [0.1, 0.15) is 50.2 Å². The highest BCUT2D eigenvalue weighted by molar-refractivity contribution is 6.08. The van der Waals surface area contributed by atoms with Gasteiger partial charge in [0.1, 0.15) is 17.6 Å². The Hall–Kier alpha value is -4.85. The standard InChI is InChI=1S/C33H41N3O10/c1-17-13-21-27(36-32(41)25-11-8-12-45-25)23(37)16-22(29(21)39)35-31(40)18(2)9-7-10-24(43-5)30(46-33(34)42)20(4)15-19(3)28(38)26(14-17)44-6/h7-13,15-16,19,24,26,28,30,37-39H,14H2,1-6H3,(H2,34,42)(H,35,40)(H,36,41)/b10-7?,17-13+,18-9+,20-15+/t19-,24-,26-,28+,30-/m0/s1. The van der Waals surface area contributed by atoms with Crippen molar-refractivity contribution in [2.45, 2.75) is 58.5 Å². The topological polar surface area (TPSA) is 203 Å². The molecule has 0 saturated heterocycles. The van der Waals surface area contributed by atoms with E-state index < -0.39 is 59.7 Å². The second kappa shape index (κ2) is 15.9. The molecule has 3 amide bonds. The summed E-state index contributed by atoms with van der Waals surface area (Å²) in [6.45, 7) is 6.71. The highest BCUT2D eigenvalue weighted by atomic mass is 16.6. The van der Waals surface area contributed by atoms with Crippen LogP contribution in [-0.4, -0.2) is 71.9 Å². The normalized spacial score (nSPS) is 26.5. The number of phenols is 2. The lowest BCUT2D eigenvalue weighted by Crippen LogP contribution is -2.36. The number of methoxy groups -OCH3 is 2. The SMILES string of the molecule is CO[C@H]1C=C/C=C(\C)C(=O)Nc2cc(O)c(NC(=O)c3ccco3)c(c2O)/C=C(\C)C[C@H](OC)[C@H](O)[C@@H](C)/C=C(\C)[C@@H]1OC(N)=O. The molecule has 2 heterocycles. The van der Waals surface area contributed by atoms with Crippen LogP contribution in [0.15, 0.2) is 69.9 Å². The number of carbonyl (C=O) groups is 3. The minimum absolute atomic E-state index is 0.00494. The van der Waals surface area contributed by atoms with Crippen LogP contribution in [-0.2, 0) is 19.0 Å². The van der Waals surface area contributed by atoms with Crippen molar-refractivity contribution >= 4 is 35.4 Å². The van der Waals surface area contributed by atoms with E-state index in [-0.39, 0.29) is 34.7 Å². The first-order valence-corrected chi connectivity index (χ1v) is 14.4. The number of nitrogens with one attached hydrogen (secondary N) is 2. The van der Waals surface area contributed by atoms with Crippen molar-refractivity contribution in [1.82, 2.24) is 0 Å². The van der Waals surface area contributed by atoms with Gasteiger partial charge in [0, 0.05) is 37.3 Å². The first-order chi connectivity index (χ1) is 21.8. The summed E-state index contributed by atoms with van der Waals surface area (Å²) in [5.74, 6) is -2.72. The maximum Gasteiger partial charge on any atom is 0.405 e. The van der Waals surface area contributed by atoms with Crippen LogP contribution in [0.5, 0.6) is 11.5 Å². The van der Waals surface area contributed by atoms with Crippen LogP contribution in [0, 0.1) is 5.92 Å². The number of rotatable bonds is 5. The Morgan fingerprint density at radius 1 is 1.15 bits per heavy atom. The summed E-state index contributed by atoms with van der Waals surface area (Å²) in [6, 6.07) is 4.06. The Kier molecular flexibility index (Phi) is 12.3. The summed E-state index contributed by atoms with van der Waals surface area (Å²) in [5.41, 5.74) is 6.42. The van der Waals surface area contributed by atoms with E-state index in [1.54, 1.807) is 32.9 Å². The molecule has 7 N–H and O–H groups in total. The highest BCUT2D eigenvalue weighted by Gasteiger charge is 2.29. The van der Waals surface area contributed by atoms with Crippen LogP contribution < -0.4 is 16.4 Å². The highest BCUT2D eigenvalue weighted by Crippen LogP contribution is 2.42. The predicted molar refractivity (Wildman–Crippen MR) is 171 cm³/mol. The van der Waals surface area contributed by atoms with Gasteiger partial charge in [-0.1, -0.05) is 36.8 Å². The molecule has 0 radical (unpaired) electrons. The number of fused-ring (bicyclic) bond motifs is 2. The van der Waals surface area contributed by atoms with Crippen LogP contribution in [0.4, 0.5) is 16.2 Å². The van der Waals surface area contributed by atoms with Gasteiger partial charge < -0.3 is 50.3 Å². The first-order valence-electron chi connectivity index (χ1n) is 14.4. The van der Waals surface area contributed by atoms with Crippen molar-refractivity contribution in [3.63, 3.8) is 0 Å². The number of nitrogens with two attached hydrogens (primary N) is 1. The number of phenolic OH excluding ortho intramolecular Hbond substituents is 2. The monoisotopic (exact) mass is 639 g/mol. The van der Waals surface area contributed by atoms with E-state index in [1.165, 1.54) is 57.8 Å². The van der Waals surface area contributed by atoms with Gasteiger partial charge in [-0.3, -0.25) is 9.59 Å². The Morgan fingerprint density at radius 2 is 1.87 bits per heavy atom. The molecule has 248 valence electrons. The van der Waals surface area contributed by atoms with Crippen LogP contribution in [0.2, 0.25) is 0 Å². The molecule has 13 heteroatoms. The van der Waals surface area contributed by atoms with Crippen molar-refractivity contribution in [2.75, 3.05) is 24.9 Å². The van der Waals surface area contributed by atoms with Gasteiger partial charge in [0.25, 0.3) is 11.8 Å². The third kappa shape index (κ3) is 8.87. The summed E-state index contributed by atoms with van der Waals surface area (Å²) in [4.78, 5) is 37.7. The fraction of sp³-hybridized carbons (Fsp3) is 0.364. The number of carbonyl (C=O) groups excluding carboxylic acids is 3. The molecule has 1 aromatic carbocycles. The minimum Gasteiger partial charge on any atom is -0.506 e. The number of anilines is 2. The Labute approximate surface area is 267 Å². The number of allylic oxidation sites excluding steroid dienone is 2. The number of hydrogen-bond donors (Lipinski definition) is 6. The molecule has 1 aliphatic heterocycles. The number of furan rings is 1. The van der Waals surface area contributed by atoms with Crippen LogP contribution in [0.25, 0.3) is 6.08 Å². The molecule has 2 bridgehead atoms. The quantitative estimate of drug-likeness (QED) is 0.152. The fourth-order valence-corrected chi connectivity index (χ4v) is 4.99. The average molecular weight is 640 g/mol. The molecule has 5 atom stereocenters. The van der Waals surface area contributed by atoms with E-state index in [0.717, 1.165) is 6.07 Å². The number of ether oxygens (including phenoxy) is 3. The van der Waals surface area contributed by atoms with E-state index in [9.17, 15) is 29.7 Å². The number of primary amides is 1. The van der Waals surface area contributed by atoms with Crippen molar-refractivity contribution < 1.29 is 48.3 Å². The van der Waals surface area contributed by atoms with Crippen LogP contribution >= 0.6 is 0 Å². The molecular weight excluding hydrogens is 598 g/mol. The third-order valence-electron chi connectivity index (χ3n) is 7.48. The van der Waals surface area contributed by atoms with Gasteiger partial charge in [-0.25, -0.2) is 4.79 Å². The molecule has 46 heavy (non-hydrogen) atoms. The molecule has 1 aromatic heterocycles. The van der Waals surface area contributed by atoms with E-state index in [0.29, 0.717) is 11.1 Å². The average Bonchev–Trinajstić information content (AvgIpc) is 3.55. The lowest BCUT2D eigenvalue weighted by atomic mass is 9.91. The minimum atomic E-state index is -1.05. The zero-order valence-corrected chi connectivity index (χ0v) is 26.6. The maximum absolute atomic E-state index is 13.1. The molecule has 3 rings (SSSR count). The van der Waals surface area contributed by atoms with Gasteiger partial charge in [-0.15, -0.1) is 0 Å². The van der Waals surface area contributed by atoms with Gasteiger partial charge in [-0.2, -0.15) is 0 Å². The predicted octanol–water partition coefficient (Wildman–Crippen LogP) is 4.63. The molecule has 0 fully saturated rings. The van der Waals surface area contributed by atoms with Gasteiger partial charge in [0.2, 0.25) is 0 Å². The molecule has 13 nitrogen and oxygen atoms in total. The second-order valence-electron chi connectivity index (χ2n) is 11.0. The molecule has 0 aliphatic carbocycles. The van der Waals surface area contributed by atoms with Gasteiger partial charge in [0.05, 0.1) is 29.8 Å². The van der Waals surface area contributed by atoms with E-state index in [1.807, 2.05) is 0 Å². The van der Waals surface area contributed by atoms with Crippen molar-refractivity contribution in [2.24, 2.45) is 11.7 Å². The molecule has 0 spiro atoms. The Bertz CT molecular complexity index is 1540. The van der Waals surface area contributed by atoms with Crippen LogP contribution in [0.3, 0.4) is 0 Å². The van der Waals surface area contributed by atoms with E-state index in [2.05, 4.69) is 10.6 Å².